The number of nitrogens with one attached hydrogen (secondary N) is 3. The second-order valence-corrected chi connectivity index (χ2v) is 9.99. The van der Waals surface area contributed by atoms with Gasteiger partial charge in [-0.2, -0.15) is 16.4 Å². The number of nitrogens with zero attached hydrogens (tertiary/aromatic N) is 4. The van der Waals surface area contributed by atoms with Gasteiger partial charge in [-0.25, -0.2) is 9.37 Å². The minimum Gasteiger partial charge on any atom is -0.336 e. The van der Waals surface area contributed by atoms with E-state index < -0.39 is 5.82 Å². The number of fused-ring (bicyclic) bond motifs is 2. The number of H-pyrrole nitrogens is 2. The monoisotopic (exact) mass is 511 g/mol. The quantitative estimate of drug-likeness (QED) is 0.239. The largest absolute Gasteiger partial charge is 0.336 e. The number of pyridine rings is 2. The van der Waals surface area contributed by atoms with Gasteiger partial charge < -0.3 is 10.3 Å². The first-order valence-electron chi connectivity index (χ1n) is 11.8. The lowest BCUT2D eigenvalue weighted by Crippen LogP contribution is -2.14. The molecule has 0 atom stereocenters. The molecule has 0 spiro atoms. The molecule has 0 fully saturated rings. The zero-order valence-electron chi connectivity index (χ0n) is 20.0. The van der Waals surface area contributed by atoms with Gasteiger partial charge in [-0.15, -0.1) is 0 Å². The van der Waals surface area contributed by atoms with Crippen LogP contribution in [0.2, 0.25) is 0 Å². The van der Waals surface area contributed by atoms with Crippen molar-refractivity contribution in [3.8, 4) is 33.9 Å². The number of carbonyl (C=O) groups excluding carboxylic acids is 1. The molecule has 3 N–H and O–H groups in total. The van der Waals surface area contributed by atoms with Crippen molar-refractivity contribution in [3.63, 3.8) is 0 Å². The molecule has 5 aromatic heterocycles. The fourth-order valence-electron chi connectivity index (χ4n) is 4.34. The zero-order chi connectivity index (χ0) is 25.5. The summed E-state index contributed by atoms with van der Waals surface area (Å²) >= 11 is 1.60. The van der Waals surface area contributed by atoms with Crippen LogP contribution in [-0.2, 0) is 4.79 Å². The number of hydrogen-bond acceptors (Lipinski definition) is 6. The smallest absolute Gasteiger partial charge is 0.224 e. The van der Waals surface area contributed by atoms with Gasteiger partial charge >= 0.3 is 0 Å². The molecule has 6 aromatic rings. The van der Waals surface area contributed by atoms with Crippen molar-refractivity contribution in [2.75, 3.05) is 5.32 Å². The normalized spacial score (nSPS) is 11.6. The Morgan fingerprint density at radius 1 is 1.11 bits per heavy atom. The molecule has 10 heteroatoms. The number of rotatable bonds is 6. The van der Waals surface area contributed by atoms with Gasteiger partial charge in [0.2, 0.25) is 5.91 Å². The molecule has 184 valence electrons. The third-order valence-corrected chi connectivity index (χ3v) is 6.68. The first-order chi connectivity index (χ1) is 18.0. The van der Waals surface area contributed by atoms with Gasteiger partial charge in [-0.05, 0) is 35.6 Å². The Bertz CT molecular complexity index is 1750. The number of halogens is 1. The number of carbonyl (C=O) groups is 1. The highest BCUT2D eigenvalue weighted by Crippen LogP contribution is 2.34. The number of anilines is 1. The standard InChI is InChI=1S/C27H22FN7OS/c1-14(2)7-23(36)31-17-8-16(11-29-12-17)18-9-19-22(10-20(18)28)34-35-25(19)27-32-21-3-5-30-24(26(21)33-27)15-4-6-37-13-15/h3-6,8-14H,7H2,1-2H3,(H,31,36)(H,32,33)(H,34,35). The highest BCUT2D eigenvalue weighted by atomic mass is 32.1. The first-order valence-corrected chi connectivity index (χ1v) is 12.7. The Labute approximate surface area is 215 Å². The van der Waals surface area contributed by atoms with Crippen LogP contribution in [0.4, 0.5) is 10.1 Å². The summed E-state index contributed by atoms with van der Waals surface area (Å²) in [6, 6.07) is 8.73. The van der Waals surface area contributed by atoms with Crippen LogP contribution in [0.3, 0.4) is 0 Å². The lowest BCUT2D eigenvalue weighted by Gasteiger charge is -2.09. The highest BCUT2D eigenvalue weighted by molar-refractivity contribution is 7.08. The van der Waals surface area contributed by atoms with E-state index in [-0.39, 0.29) is 11.8 Å². The minimum atomic E-state index is -0.427. The van der Waals surface area contributed by atoms with Crippen LogP contribution in [0.1, 0.15) is 20.3 Å². The summed E-state index contributed by atoms with van der Waals surface area (Å²) in [6.45, 7) is 3.95. The number of imidazole rings is 1. The maximum atomic E-state index is 15.2. The Morgan fingerprint density at radius 2 is 2.00 bits per heavy atom. The van der Waals surface area contributed by atoms with E-state index in [1.165, 1.54) is 6.07 Å². The molecular weight excluding hydrogens is 489 g/mol. The lowest BCUT2D eigenvalue weighted by atomic mass is 10.0. The first kappa shape index (κ1) is 23.0. The Hall–Kier alpha value is -4.44. The summed E-state index contributed by atoms with van der Waals surface area (Å²) in [5, 5.41) is 14.9. The average molecular weight is 512 g/mol. The van der Waals surface area contributed by atoms with Crippen molar-refractivity contribution in [2.24, 2.45) is 5.92 Å². The van der Waals surface area contributed by atoms with Gasteiger partial charge in [0.15, 0.2) is 5.82 Å². The van der Waals surface area contributed by atoms with E-state index in [1.807, 2.05) is 36.7 Å². The van der Waals surface area contributed by atoms with Crippen molar-refractivity contribution in [3.05, 3.63) is 65.5 Å². The van der Waals surface area contributed by atoms with Crippen molar-refractivity contribution in [1.82, 2.24) is 30.1 Å². The SMILES string of the molecule is CC(C)CC(=O)Nc1cncc(-c2cc3c(-c4nc5c(-c6ccsc6)nccc5[nH]4)n[nH]c3cc2F)c1. The van der Waals surface area contributed by atoms with Gasteiger partial charge in [0, 0.05) is 52.3 Å². The number of aromatic nitrogens is 6. The number of thiophene rings is 1. The van der Waals surface area contributed by atoms with Crippen LogP contribution in [0, 0.1) is 11.7 Å². The van der Waals surface area contributed by atoms with E-state index >= 15 is 4.39 Å². The van der Waals surface area contributed by atoms with Gasteiger partial charge in [-0.3, -0.25) is 19.9 Å². The molecular formula is C27H22FN7OS. The van der Waals surface area contributed by atoms with Gasteiger partial charge in [0.1, 0.15) is 17.0 Å². The topological polar surface area (TPSA) is 112 Å². The van der Waals surface area contributed by atoms with E-state index in [1.54, 1.807) is 42.1 Å². The molecule has 1 amide bonds. The average Bonchev–Trinajstić information content (AvgIpc) is 3.62. The molecule has 0 radical (unpaired) electrons. The second kappa shape index (κ2) is 9.21. The van der Waals surface area contributed by atoms with E-state index in [4.69, 9.17) is 4.98 Å². The molecule has 5 heterocycles. The Morgan fingerprint density at radius 3 is 2.81 bits per heavy atom. The lowest BCUT2D eigenvalue weighted by molar-refractivity contribution is -0.116. The summed E-state index contributed by atoms with van der Waals surface area (Å²) in [6.07, 6.45) is 5.26. The number of amides is 1. The van der Waals surface area contributed by atoms with Gasteiger partial charge in [0.05, 0.1) is 28.6 Å². The summed E-state index contributed by atoms with van der Waals surface area (Å²) < 4.78 is 15.2. The molecule has 0 bridgehead atoms. The minimum absolute atomic E-state index is 0.108. The molecule has 0 unspecified atom stereocenters. The summed E-state index contributed by atoms with van der Waals surface area (Å²) in [5.74, 6) is 0.244. The predicted octanol–water partition coefficient (Wildman–Crippen LogP) is 6.42. The number of aromatic amines is 2. The van der Waals surface area contributed by atoms with Crippen LogP contribution >= 0.6 is 11.3 Å². The van der Waals surface area contributed by atoms with Gasteiger partial charge in [0.25, 0.3) is 0 Å². The van der Waals surface area contributed by atoms with Crippen molar-refractivity contribution >= 4 is 44.9 Å². The van der Waals surface area contributed by atoms with E-state index in [2.05, 4.69) is 30.5 Å². The molecule has 0 aliphatic heterocycles. The van der Waals surface area contributed by atoms with Crippen molar-refractivity contribution < 1.29 is 9.18 Å². The maximum absolute atomic E-state index is 15.2. The summed E-state index contributed by atoms with van der Waals surface area (Å²) in [7, 11) is 0. The molecule has 0 aliphatic rings. The molecule has 8 nitrogen and oxygen atoms in total. The number of hydrogen-bond donors (Lipinski definition) is 3. The van der Waals surface area contributed by atoms with E-state index in [0.717, 1.165) is 22.3 Å². The van der Waals surface area contributed by atoms with Gasteiger partial charge in [-0.1, -0.05) is 13.8 Å². The molecule has 6 rings (SSSR count). The third-order valence-electron chi connectivity index (χ3n) is 6.00. The van der Waals surface area contributed by atoms with Crippen LogP contribution < -0.4 is 5.32 Å². The molecule has 1 aromatic carbocycles. The fourth-order valence-corrected chi connectivity index (χ4v) is 4.98. The predicted molar refractivity (Wildman–Crippen MR) is 144 cm³/mol. The summed E-state index contributed by atoms with van der Waals surface area (Å²) in [5.41, 5.74) is 5.87. The van der Waals surface area contributed by atoms with Crippen LogP contribution in [-0.4, -0.2) is 36.0 Å². The zero-order valence-corrected chi connectivity index (χ0v) is 20.9. The van der Waals surface area contributed by atoms with E-state index in [0.29, 0.717) is 45.7 Å². The van der Waals surface area contributed by atoms with Crippen LogP contribution in [0.25, 0.3) is 55.8 Å². The van der Waals surface area contributed by atoms with Crippen LogP contribution in [0.15, 0.2) is 59.7 Å². The highest BCUT2D eigenvalue weighted by Gasteiger charge is 2.18. The summed E-state index contributed by atoms with van der Waals surface area (Å²) in [4.78, 5) is 29.1. The Balaban J connectivity index is 1.41. The third kappa shape index (κ3) is 4.36. The molecule has 0 saturated heterocycles. The van der Waals surface area contributed by atoms with Crippen molar-refractivity contribution in [2.45, 2.75) is 20.3 Å². The maximum Gasteiger partial charge on any atom is 0.224 e. The van der Waals surface area contributed by atoms with E-state index in [9.17, 15) is 4.79 Å². The molecule has 0 saturated carbocycles. The molecule has 37 heavy (non-hydrogen) atoms. The van der Waals surface area contributed by atoms with Crippen molar-refractivity contribution in [1.29, 1.82) is 0 Å². The Kier molecular flexibility index (Phi) is 5.72. The molecule has 0 aliphatic carbocycles. The second-order valence-electron chi connectivity index (χ2n) is 9.21. The number of benzene rings is 1. The van der Waals surface area contributed by atoms with Crippen LogP contribution in [0.5, 0.6) is 0 Å². The fraction of sp³-hybridized carbons (Fsp3) is 0.148.